The van der Waals surface area contributed by atoms with Gasteiger partial charge in [-0.3, -0.25) is 0 Å². The van der Waals surface area contributed by atoms with Crippen LogP contribution < -0.4 is 5.32 Å². The van der Waals surface area contributed by atoms with Crippen LogP contribution in [-0.2, 0) is 6.54 Å². The summed E-state index contributed by atoms with van der Waals surface area (Å²) in [6, 6.07) is 14.3. The highest BCUT2D eigenvalue weighted by molar-refractivity contribution is 5.38. The van der Waals surface area contributed by atoms with Gasteiger partial charge in [-0.2, -0.15) is 0 Å². The van der Waals surface area contributed by atoms with E-state index in [9.17, 15) is 5.11 Å². The number of hydrogen-bond donors (Lipinski definition) is 2. The lowest BCUT2D eigenvalue weighted by atomic mass is 10.0. The molecular formula is C17H21NO. The van der Waals surface area contributed by atoms with Gasteiger partial charge in [0.05, 0.1) is 0 Å². The summed E-state index contributed by atoms with van der Waals surface area (Å²) in [4.78, 5) is 0. The molecule has 2 aromatic rings. The van der Waals surface area contributed by atoms with E-state index < -0.39 is 0 Å². The van der Waals surface area contributed by atoms with Crippen LogP contribution >= 0.6 is 0 Å². The summed E-state index contributed by atoms with van der Waals surface area (Å²) in [6.45, 7) is 6.98. The Balaban J connectivity index is 2.05. The van der Waals surface area contributed by atoms with E-state index >= 15 is 0 Å². The molecule has 1 atom stereocenters. The van der Waals surface area contributed by atoms with E-state index in [0.717, 1.165) is 17.7 Å². The van der Waals surface area contributed by atoms with E-state index in [1.54, 1.807) is 6.07 Å². The van der Waals surface area contributed by atoms with Gasteiger partial charge < -0.3 is 10.4 Å². The van der Waals surface area contributed by atoms with Crippen molar-refractivity contribution in [3.63, 3.8) is 0 Å². The van der Waals surface area contributed by atoms with Crippen LogP contribution in [0.3, 0.4) is 0 Å². The lowest BCUT2D eigenvalue weighted by Crippen LogP contribution is -2.18. The Morgan fingerprint density at radius 1 is 1.11 bits per heavy atom. The van der Waals surface area contributed by atoms with Gasteiger partial charge in [0.1, 0.15) is 5.75 Å². The standard InChI is InChI=1S/C17H21NO/c1-12-8-9-16(17(19)10-12)14(3)18-11-15-7-5-4-6-13(15)2/h4-10,14,18-19H,11H2,1-3H3. The number of benzene rings is 2. The molecule has 0 aliphatic rings. The van der Waals surface area contributed by atoms with Crippen LogP contribution in [-0.4, -0.2) is 5.11 Å². The molecule has 0 radical (unpaired) electrons. The van der Waals surface area contributed by atoms with Crippen molar-refractivity contribution in [3.8, 4) is 5.75 Å². The Morgan fingerprint density at radius 2 is 1.84 bits per heavy atom. The first-order valence-corrected chi connectivity index (χ1v) is 6.65. The van der Waals surface area contributed by atoms with E-state index in [0.29, 0.717) is 5.75 Å². The third-order valence-corrected chi connectivity index (χ3v) is 3.51. The minimum absolute atomic E-state index is 0.125. The Labute approximate surface area is 115 Å². The van der Waals surface area contributed by atoms with E-state index in [-0.39, 0.29) is 6.04 Å². The van der Waals surface area contributed by atoms with Crippen LogP contribution in [0.4, 0.5) is 0 Å². The molecule has 0 saturated carbocycles. The third kappa shape index (κ3) is 3.36. The maximum Gasteiger partial charge on any atom is 0.120 e. The average Bonchev–Trinajstić information content (AvgIpc) is 2.37. The van der Waals surface area contributed by atoms with E-state index in [2.05, 4.69) is 37.4 Å². The highest BCUT2D eigenvalue weighted by atomic mass is 16.3. The Hall–Kier alpha value is -1.80. The second kappa shape index (κ2) is 5.89. The quantitative estimate of drug-likeness (QED) is 0.869. The zero-order valence-electron chi connectivity index (χ0n) is 11.8. The molecule has 2 N–H and O–H groups in total. The highest BCUT2D eigenvalue weighted by Gasteiger charge is 2.10. The molecule has 2 aromatic carbocycles. The van der Waals surface area contributed by atoms with Crippen LogP contribution in [0.1, 0.15) is 35.2 Å². The van der Waals surface area contributed by atoms with Gasteiger partial charge in [-0.25, -0.2) is 0 Å². The van der Waals surface area contributed by atoms with Gasteiger partial charge in [0, 0.05) is 18.2 Å². The Bertz CT molecular complexity index is 563. The first kappa shape index (κ1) is 13.6. The van der Waals surface area contributed by atoms with Crippen LogP contribution in [0.15, 0.2) is 42.5 Å². The molecule has 0 saturated heterocycles. The van der Waals surface area contributed by atoms with Gasteiger partial charge in [-0.05, 0) is 43.5 Å². The second-order valence-electron chi connectivity index (χ2n) is 5.09. The number of rotatable bonds is 4. The van der Waals surface area contributed by atoms with Crippen molar-refractivity contribution in [1.82, 2.24) is 5.32 Å². The number of aromatic hydroxyl groups is 1. The fourth-order valence-corrected chi connectivity index (χ4v) is 2.20. The molecule has 0 aromatic heterocycles. The first-order chi connectivity index (χ1) is 9.08. The third-order valence-electron chi connectivity index (χ3n) is 3.51. The Morgan fingerprint density at radius 3 is 2.53 bits per heavy atom. The summed E-state index contributed by atoms with van der Waals surface area (Å²) in [7, 11) is 0. The summed E-state index contributed by atoms with van der Waals surface area (Å²) in [5.74, 6) is 0.366. The average molecular weight is 255 g/mol. The zero-order valence-corrected chi connectivity index (χ0v) is 11.8. The Kier molecular flexibility index (Phi) is 4.23. The highest BCUT2D eigenvalue weighted by Crippen LogP contribution is 2.25. The maximum atomic E-state index is 9.97. The molecular weight excluding hydrogens is 234 g/mol. The van der Waals surface area contributed by atoms with Crippen molar-refractivity contribution in [2.75, 3.05) is 0 Å². The predicted molar refractivity (Wildman–Crippen MR) is 79.3 cm³/mol. The van der Waals surface area contributed by atoms with Gasteiger partial charge in [-0.1, -0.05) is 36.4 Å². The van der Waals surface area contributed by atoms with Gasteiger partial charge >= 0.3 is 0 Å². The van der Waals surface area contributed by atoms with Crippen molar-refractivity contribution in [3.05, 3.63) is 64.7 Å². The second-order valence-corrected chi connectivity index (χ2v) is 5.09. The molecule has 0 heterocycles. The molecule has 100 valence electrons. The van der Waals surface area contributed by atoms with Crippen molar-refractivity contribution >= 4 is 0 Å². The van der Waals surface area contributed by atoms with Gasteiger partial charge in [0.15, 0.2) is 0 Å². The molecule has 0 bridgehead atoms. The minimum atomic E-state index is 0.125. The molecule has 0 aliphatic carbocycles. The van der Waals surface area contributed by atoms with E-state index in [1.165, 1.54) is 11.1 Å². The molecule has 1 unspecified atom stereocenters. The number of aryl methyl sites for hydroxylation is 2. The smallest absolute Gasteiger partial charge is 0.120 e. The number of hydrogen-bond acceptors (Lipinski definition) is 2. The normalized spacial score (nSPS) is 12.4. The summed E-state index contributed by atoms with van der Waals surface area (Å²) < 4.78 is 0. The number of nitrogens with one attached hydrogen (secondary N) is 1. The van der Waals surface area contributed by atoms with Crippen molar-refractivity contribution in [2.45, 2.75) is 33.4 Å². The molecule has 2 nitrogen and oxygen atoms in total. The van der Waals surface area contributed by atoms with Crippen LogP contribution in [0.2, 0.25) is 0 Å². The van der Waals surface area contributed by atoms with Crippen LogP contribution in [0.5, 0.6) is 5.75 Å². The summed E-state index contributed by atoms with van der Waals surface area (Å²) in [6.07, 6.45) is 0. The minimum Gasteiger partial charge on any atom is -0.508 e. The fraction of sp³-hybridized carbons (Fsp3) is 0.294. The topological polar surface area (TPSA) is 32.3 Å². The first-order valence-electron chi connectivity index (χ1n) is 6.65. The van der Waals surface area contributed by atoms with Crippen molar-refractivity contribution in [2.24, 2.45) is 0 Å². The predicted octanol–water partition coefficient (Wildman–Crippen LogP) is 3.86. The summed E-state index contributed by atoms with van der Waals surface area (Å²) in [5.41, 5.74) is 4.60. The lowest BCUT2D eigenvalue weighted by Gasteiger charge is -2.17. The SMILES string of the molecule is Cc1ccc(C(C)NCc2ccccc2C)c(O)c1. The van der Waals surface area contributed by atoms with Crippen molar-refractivity contribution in [1.29, 1.82) is 0 Å². The van der Waals surface area contributed by atoms with Gasteiger partial charge in [-0.15, -0.1) is 0 Å². The van der Waals surface area contributed by atoms with Crippen LogP contribution in [0.25, 0.3) is 0 Å². The molecule has 0 spiro atoms. The number of phenols is 1. The van der Waals surface area contributed by atoms with E-state index in [1.807, 2.05) is 25.1 Å². The molecule has 0 aliphatic heterocycles. The van der Waals surface area contributed by atoms with Gasteiger partial charge in [0.25, 0.3) is 0 Å². The zero-order chi connectivity index (χ0) is 13.8. The fourth-order valence-electron chi connectivity index (χ4n) is 2.20. The van der Waals surface area contributed by atoms with Crippen molar-refractivity contribution < 1.29 is 5.11 Å². The molecule has 2 rings (SSSR count). The molecule has 19 heavy (non-hydrogen) atoms. The number of phenolic OH excluding ortho intramolecular Hbond substituents is 1. The largest absolute Gasteiger partial charge is 0.508 e. The summed E-state index contributed by atoms with van der Waals surface area (Å²) >= 11 is 0. The molecule has 2 heteroatoms. The molecule has 0 fully saturated rings. The van der Waals surface area contributed by atoms with E-state index in [4.69, 9.17) is 0 Å². The van der Waals surface area contributed by atoms with Gasteiger partial charge in [0.2, 0.25) is 0 Å². The monoisotopic (exact) mass is 255 g/mol. The van der Waals surface area contributed by atoms with Crippen LogP contribution in [0, 0.1) is 13.8 Å². The molecule has 0 amide bonds. The lowest BCUT2D eigenvalue weighted by molar-refractivity contribution is 0.452. The maximum absolute atomic E-state index is 9.97. The summed E-state index contributed by atoms with van der Waals surface area (Å²) in [5, 5.41) is 13.4.